The van der Waals surface area contributed by atoms with Crippen molar-refractivity contribution in [3.8, 4) is 11.4 Å². The van der Waals surface area contributed by atoms with Crippen LogP contribution >= 0.6 is 11.6 Å². The van der Waals surface area contributed by atoms with Gasteiger partial charge in [-0.05, 0) is 30.7 Å². The summed E-state index contributed by atoms with van der Waals surface area (Å²) in [5.74, 6) is 0.696. The minimum Gasteiger partial charge on any atom is -0.390 e. The van der Waals surface area contributed by atoms with E-state index in [2.05, 4.69) is 19.8 Å². The number of rotatable bonds is 4. The van der Waals surface area contributed by atoms with Gasteiger partial charge in [-0.15, -0.1) is 0 Å². The van der Waals surface area contributed by atoms with Crippen molar-refractivity contribution in [2.75, 3.05) is 39.4 Å². The van der Waals surface area contributed by atoms with E-state index in [-0.39, 0.29) is 12.1 Å². The second kappa shape index (κ2) is 8.63. The molecule has 0 unspecified atom stereocenters. The predicted molar refractivity (Wildman–Crippen MR) is 105 cm³/mol. The van der Waals surface area contributed by atoms with Gasteiger partial charge in [0, 0.05) is 67.3 Å². The molecular formula is C20H25ClN4O2. The highest BCUT2D eigenvalue weighted by molar-refractivity contribution is 6.30. The molecule has 0 amide bonds. The zero-order valence-corrected chi connectivity index (χ0v) is 16.1. The SMILES string of the molecule is O[C@@H]1CN(Cc2cnc(-c3ccc(Cl)cc3)nc2)CC[C@H]1N1CCOCC1. The summed E-state index contributed by atoms with van der Waals surface area (Å²) in [6, 6.07) is 7.77. The number of morpholine rings is 1. The van der Waals surface area contributed by atoms with Gasteiger partial charge in [0.25, 0.3) is 0 Å². The van der Waals surface area contributed by atoms with Crippen LogP contribution in [0.4, 0.5) is 0 Å². The number of piperidine rings is 1. The topological polar surface area (TPSA) is 61.7 Å². The molecule has 4 rings (SSSR count). The molecule has 2 aliphatic rings. The Morgan fingerprint density at radius 3 is 2.44 bits per heavy atom. The number of β-amino-alcohol motifs (C(OH)–C–C–N with tert-alkyl or cyclic N) is 1. The molecule has 2 aromatic rings. The van der Waals surface area contributed by atoms with Crippen molar-refractivity contribution in [1.29, 1.82) is 0 Å². The minimum absolute atomic E-state index is 0.244. The van der Waals surface area contributed by atoms with Crippen LogP contribution in [0.5, 0.6) is 0 Å². The summed E-state index contributed by atoms with van der Waals surface area (Å²) in [4.78, 5) is 13.6. The summed E-state index contributed by atoms with van der Waals surface area (Å²) >= 11 is 5.93. The molecule has 0 spiro atoms. The zero-order chi connectivity index (χ0) is 18.6. The smallest absolute Gasteiger partial charge is 0.159 e. The Balaban J connectivity index is 1.33. The predicted octanol–water partition coefficient (Wildman–Crippen LogP) is 2.06. The van der Waals surface area contributed by atoms with Crippen LogP contribution in [-0.4, -0.2) is 76.4 Å². The molecular weight excluding hydrogens is 364 g/mol. The van der Waals surface area contributed by atoms with Gasteiger partial charge in [-0.2, -0.15) is 0 Å². The Morgan fingerprint density at radius 1 is 1.07 bits per heavy atom. The first-order chi connectivity index (χ1) is 13.2. The first kappa shape index (κ1) is 18.8. The van der Waals surface area contributed by atoms with Crippen molar-refractivity contribution in [3.05, 3.63) is 47.2 Å². The van der Waals surface area contributed by atoms with Crippen LogP contribution in [0.25, 0.3) is 11.4 Å². The summed E-state index contributed by atoms with van der Waals surface area (Å²) in [7, 11) is 0. The van der Waals surface area contributed by atoms with E-state index in [1.165, 1.54) is 0 Å². The summed E-state index contributed by atoms with van der Waals surface area (Å²) in [6.07, 6.45) is 4.39. The average molecular weight is 389 g/mol. The van der Waals surface area contributed by atoms with Gasteiger partial charge in [0.15, 0.2) is 5.82 Å². The van der Waals surface area contributed by atoms with Gasteiger partial charge >= 0.3 is 0 Å². The van der Waals surface area contributed by atoms with Gasteiger partial charge in [0.05, 0.1) is 19.3 Å². The molecule has 0 bridgehead atoms. The lowest BCUT2D eigenvalue weighted by molar-refractivity contribution is -0.0534. The fourth-order valence-corrected chi connectivity index (χ4v) is 4.03. The normalized spacial score (nSPS) is 24.8. The van der Waals surface area contributed by atoms with Crippen molar-refractivity contribution >= 4 is 11.6 Å². The molecule has 2 atom stereocenters. The quantitative estimate of drug-likeness (QED) is 0.865. The van der Waals surface area contributed by atoms with Crippen LogP contribution in [-0.2, 0) is 11.3 Å². The van der Waals surface area contributed by atoms with Gasteiger partial charge in [0.2, 0.25) is 0 Å². The summed E-state index contributed by atoms with van der Waals surface area (Å²) in [5.41, 5.74) is 2.01. The fraction of sp³-hybridized carbons (Fsp3) is 0.500. The van der Waals surface area contributed by atoms with E-state index in [4.69, 9.17) is 16.3 Å². The van der Waals surface area contributed by atoms with Crippen LogP contribution in [0.15, 0.2) is 36.7 Å². The number of aromatic nitrogens is 2. The highest BCUT2D eigenvalue weighted by Crippen LogP contribution is 2.21. The van der Waals surface area contributed by atoms with Crippen LogP contribution in [0.2, 0.25) is 5.02 Å². The average Bonchev–Trinajstić information content (AvgIpc) is 2.70. The van der Waals surface area contributed by atoms with Crippen LogP contribution in [0, 0.1) is 0 Å². The number of halogens is 1. The molecule has 27 heavy (non-hydrogen) atoms. The lowest BCUT2D eigenvalue weighted by Gasteiger charge is -2.43. The number of hydrogen-bond donors (Lipinski definition) is 1. The van der Waals surface area contributed by atoms with Crippen molar-refractivity contribution in [2.24, 2.45) is 0 Å². The maximum atomic E-state index is 10.6. The van der Waals surface area contributed by atoms with Crippen molar-refractivity contribution in [3.63, 3.8) is 0 Å². The highest BCUT2D eigenvalue weighted by Gasteiger charge is 2.32. The molecule has 3 heterocycles. The first-order valence-electron chi connectivity index (χ1n) is 9.48. The van der Waals surface area contributed by atoms with E-state index in [0.717, 1.165) is 56.9 Å². The third-order valence-corrected chi connectivity index (χ3v) is 5.61. The molecule has 1 aromatic heterocycles. The Hall–Kier alpha value is -1.57. The molecule has 0 radical (unpaired) electrons. The lowest BCUT2D eigenvalue weighted by atomic mass is 9.99. The Bertz CT molecular complexity index is 735. The summed E-state index contributed by atoms with van der Waals surface area (Å²) < 4.78 is 5.42. The second-order valence-electron chi connectivity index (χ2n) is 7.23. The molecule has 2 saturated heterocycles. The molecule has 1 aromatic carbocycles. The minimum atomic E-state index is -0.328. The van der Waals surface area contributed by atoms with Crippen molar-refractivity contribution < 1.29 is 9.84 Å². The summed E-state index contributed by atoms with van der Waals surface area (Å²) in [5, 5.41) is 11.3. The Labute approximate surface area is 164 Å². The van der Waals surface area contributed by atoms with Crippen LogP contribution in [0.3, 0.4) is 0 Å². The lowest BCUT2D eigenvalue weighted by Crippen LogP contribution is -2.56. The molecule has 0 aliphatic carbocycles. The third kappa shape index (κ3) is 4.65. The largest absolute Gasteiger partial charge is 0.390 e. The first-order valence-corrected chi connectivity index (χ1v) is 9.86. The Morgan fingerprint density at radius 2 is 1.78 bits per heavy atom. The van der Waals surface area contributed by atoms with E-state index in [0.29, 0.717) is 17.4 Å². The molecule has 6 nitrogen and oxygen atoms in total. The summed E-state index contributed by atoms with van der Waals surface area (Å²) in [6.45, 7) is 5.78. The van der Waals surface area contributed by atoms with E-state index in [9.17, 15) is 5.11 Å². The number of ether oxygens (including phenoxy) is 1. The van der Waals surface area contributed by atoms with Crippen LogP contribution in [0.1, 0.15) is 12.0 Å². The number of benzene rings is 1. The van der Waals surface area contributed by atoms with Gasteiger partial charge in [0.1, 0.15) is 0 Å². The van der Waals surface area contributed by atoms with E-state index >= 15 is 0 Å². The molecule has 1 N–H and O–H groups in total. The van der Waals surface area contributed by atoms with Crippen LogP contribution < -0.4 is 0 Å². The maximum Gasteiger partial charge on any atom is 0.159 e. The van der Waals surface area contributed by atoms with E-state index in [1.54, 1.807) is 0 Å². The molecule has 144 valence electrons. The van der Waals surface area contributed by atoms with Crippen molar-refractivity contribution in [2.45, 2.75) is 25.1 Å². The number of likely N-dealkylation sites (tertiary alicyclic amines) is 1. The number of nitrogens with zero attached hydrogens (tertiary/aromatic N) is 4. The molecule has 0 saturated carbocycles. The second-order valence-corrected chi connectivity index (χ2v) is 7.67. The van der Waals surface area contributed by atoms with Gasteiger partial charge in [-0.3, -0.25) is 9.80 Å². The number of hydrogen-bond acceptors (Lipinski definition) is 6. The van der Waals surface area contributed by atoms with E-state index in [1.807, 2.05) is 36.7 Å². The van der Waals surface area contributed by atoms with Gasteiger partial charge in [-0.25, -0.2) is 9.97 Å². The molecule has 2 fully saturated rings. The van der Waals surface area contributed by atoms with Gasteiger partial charge < -0.3 is 9.84 Å². The standard InChI is InChI=1S/C20H25ClN4O2/c21-17-3-1-16(2-4-17)20-22-11-15(12-23-20)13-24-6-5-18(19(26)14-24)25-7-9-27-10-8-25/h1-4,11-12,18-19,26H,5-10,13-14H2/t18-,19-/m1/s1. The Kier molecular flexibility index (Phi) is 6.00. The zero-order valence-electron chi connectivity index (χ0n) is 15.3. The van der Waals surface area contributed by atoms with E-state index < -0.39 is 0 Å². The number of aliphatic hydroxyl groups is 1. The fourth-order valence-electron chi connectivity index (χ4n) is 3.91. The molecule has 7 heteroatoms. The monoisotopic (exact) mass is 388 g/mol. The molecule has 2 aliphatic heterocycles. The highest BCUT2D eigenvalue weighted by atomic mass is 35.5. The third-order valence-electron chi connectivity index (χ3n) is 5.36. The maximum absolute atomic E-state index is 10.6. The van der Waals surface area contributed by atoms with Gasteiger partial charge in [-0.1, -0.05) is 11.6 Å². The van der Waals surface area contributed by atoms with Crippen molar-refractivity contribution in [1.82, 2.24) is 19.8 Å². The number of aliphatic hydroxyl groups excluding tert-OH is 1.